The zero-order valence-corrected chi connectivity index (χ0v) is 14.2. The van der Waals surface area contributed by atoms with E-state index in [4.69, 9.17) is 5.73 Å². The molecule has 1 aliphatic rings. The van der Waals surface area contributed by atoms with Crippen LogP contribution in [0.1, 0.15) is 33.6 Å². The van der Waals surface area contributed by atoms with Crippen molar-refractivity contribution in [1.82, 2.24) is 4.90 Å². The van der Waals surface area contributed by atoms with Gasteiger partial charge in [-0.15, -0.1) is 12.4 Å². The summed E-state index contributed by atoms with van der Waals surface area (Å²) in [5.41, 5.74) is 7.67. The third-order valence-corrected chi connectivity index (χ3v) is 4.40. The SMILES string of the molecule is Cl.Nc1ccccc1C(=O)N1CCC(C(=O)c2ccccc2)CC1. The quantitative estimate of drug-likeness (QED) is 0.685. The molecule has 1 heterocycles. The second-order valence-electron chi connectivity index (χ2n) is 5.88. The largest absolute Gasteiger partial charge is 0.398 e. The number of nitrogen functional groups attached to an aromatic ring is 1. The zero-order valence-electron chi connectivity index (χ0n) is 13.4. The molecular formula is C19H21ClN2O2. The molecule has 4 nitrogen and oxygen atoms in total. The number of halogens is 1. The Morgan fingerprint density at radius 3 is 2.12 bits per heavy atom. The summed E-state index contributed by atoms with van der Waals surface area (Å²) in [4.78, 5) is 26.8. The molecule has 1 aliphatic heterocycles. The summed E-state index contributed by atoms with van der Waals surface area (Å²) >= 11 is 0. The minimum absolute atomic E-state index is 0. The first-order valence-corrected chi connectivity index (χ1v) is 7.90. The van der Waals surface area contributed by atoms with Gasteiger partial charge in [-0.2, -0.15) is 0 Å². The number of para-hydroxylation sites is 1. The molecule has 24 heavy (non-hydrogen) atoms. The van der Waals surface area contributed by atoms with Crippen LogP contribution in [-0.4, -0.2) is 29.7 Å². The van der Waals surface area contributed by atoms with Crippen molar-refractivity contribution in [2.24, 2.45) is 5.92 Å². The predicted octanol–water partition coefficient (Wildman–Crippen LogP) is 3.43. The maximum atomic E-state index is 12.5. The van der Waals surface area contributed by atoms with Gasteiger partial charge in [0.05, 0.1) is 5.56 Å². The van der Waals surface area contributed by atoms with Gasteiger partial charge in [0.1, 0.15) is 0 Å². The summed E-state index contributed by atoms with van der Waals surface area (Å²) in [6.07, 6.45) is 1.40. The third-order valence-electron chi connectivity index (χ3n) is 4.40. The average Bonchev–Trinajstić information content (AvgIpc) is 2.62. The number of nitrogens with two attached hydrogens (primary N) is 1. The molecule has 126 valence electrons. The number of anilines is 1. The second kappa shape index (κ2) is 7.97. The van der Waals surface area contributed by atoms with E-state index in [1.54, 1.807) is 17.0 Å². The van der Waals surface area contributed by atoms with Gasteiger partial charge < -0.3 is 10.6 Å². The molecule has 2 aromatic rings. The van der Waals surface area contributed by atoms with E-state index in [0.29, 0.717) is 37.2 Å². The molecule has 0 spiro atoms. The number of benzene rings is 2. The van der Waals surface area contributed by atoms with Gasteiger partial charge in [0.15, 0.2) is 5.78 Å². The lowest BCUT2D eigenvalue weighted by molar-refractivity contribution is 0.0651. The molecule has 0 bridgehead atoms. The Bertz CT molecular complexity index is 710. The highest BCUT2D eigenvalue weighted by molar-refractivity contribution is 6.00. The maximum absolute atomic E-state index is 12.5. The molecule has 5 heteroatoms. The van der Waals surface area contributed by atoms with Crippen molar-refractivity contribution in [3.63, 3.8) is 0 Å². The van der Waals surface area contributed by atoms with Crippen molar-refractivity contribution in [3.8, 4) is 0 Å². The summed E-state index contributed by atoms with van der Waals surface area (Å²) in [7, 11) is 0. The van der Waals surface area contributed by atoms with E-state index in [1.165, 1.54) is 0 Å². The number of carbonyl (C=O) groups excluding carboxylic acids is 2. The van der Waals surface area contributed by atoms with Crippen molar-refractivity contribution in [2.45, 2.75) is 12.8 Å². The first-order chi connectivity index (χ1) is 11.2. The van der Waals surface area contributed by atoms with Crippen molar-refractivity contribution in [1.29, 1.82) is 0 Å². The number of ketones is 1. The molecule has 1 saturated heterocycles. The van der Waals surface area contributed by atoms with Crippen molar-refractivity contribution >= 4 is 29.8 Å². The maximum Gasteiger partial charge on any atom is 0.255 e. The van der Waals surface area contributed by atoms with E-state index in [0.717, 1.165) is 5.56 Å². The van der Waals surface area contributed by atoms with Gasteiger partial charge in [-0.05, 0) is 25.0 Å². The van der Waals surface area contributed by atoms with Crippen LogP contribution in [0, 0.1) is 5.92 Å². The molecular weight excluding hydrogens is 324 g/mol. The highest BCUT2D eigenvalue weighted by Gasteiger charge is 2.28. The molecule has 0 aliphatic carbocycles. The fourth-order valence-electron chi connectivity index (χ4n) is 3.05. The van der Waals surface area contributed by atoms with Crippen LogP contribution in [0.2, 0.25) is 0 Å². The van der Waals surface area contributed by atoms with E-state index < -0.39 is 0 Å². The lowest BCUT2D eigenvalue weighted by Gasteiger charge is -2.31. The van der Waals surface area contributed by atoms with E-state index in [2.05, 4.69) is 0 Å². The number of carbonyl (C=O) groups is 2. The first-order valence-electron chi connectivity index (χ1n) is 7.90. The number of Topliss-reactive ketones (excluding diaryl/α,β-unsaturated/α-hetero) is 1. The van der Waals surface area contributed by atoms with Gasteiger partial charge in [-0.3, -0.25) is 9.59 Å². The number of rotatable bonds is 3. The average molecular weight is 345 g/mol. The molecule has 2 aromatic carbocycles. The van der Waals surface area contributed by atoms with Crippen molar-refractivity contribution in [3.05, 3.63) is 65.7 Å². The third kappa shape index (κ3) is 3.77. The Morgan fingerprint density at radius 2 is 1.50 bits per heavy atom. The fourth-order valence-corrected chi connectivity index (χ4v) is 3.05. The molecule has 0 radical (unpaired) electrons. The molecule has 2 N–H and O–H groups in total. The highest BCUT2D eigenvalue weighted by Crippen LogP contribution is 2.24. The zero-order chi connectivity index (χ0) is 16.2. The molecule has 0 saturated carbocycles. The Kier molecular flexibility index (Phi) is 5.99. The Hall–Kier alpha value is -2.33. The van der Waals surface area contributed by atoms with Crippen LogP contribution in [0.25, 0.3) is 0 Å². The van der Waals surface area contributed by atoms with Crippen molar-refractivity contribution in [2.75, 3.05) is 18.8 Å². The lowest BCUT2D eigenvalue weighted by Crippen LogP contribution is -2.40. The molecule has 3 rings (SSSR count). The van der Waals surface area contributed by atoms with Gasteiger partial charge in [0.2, 0.25) is 0 Å². The predicted molar refractivity (Wildman–Crippen MR) is 97.5 cm³/mol. The molecule has 1 amide bonds. The minimum atomic E-state index is -0.0475. The Balaban J connectivity index is 0.00000208. The number of hydrogen-bond acceptors (Lipinski definition) is 3. The summed E-state index contributed by atoms with van der Waals surface area (Å²) in [6.45, 7) is 1.19. The molecule has 0 atom stereocenters. The lowest BCUT2D eigenvalue weighted by atomic mass is 9.88. The van der Waals surface area contributed by atoms with Gasteiger partial charge in [0.25, 0.3) is 5.91 Å². The molecule has 1 fully saturated rings. The van der Waals surface area contributed by atoms with Gasteiger partial charge >= 0.3 is 0 Å². The summed E-state index contributed by atoms with van der Waals surface area (Å²) in [5, 5.41) is 0. The van der Waals surface area contributed by atoms with Gasteiger partial charge in [-0.25, -0.2) is 0 Å². The van der Waals surface area contributed by atoms with E-state index in [1.807, 2.05) is 42.5 Å². The normalized spacial score (nSPS) is 14.8. The topological polar surface area (TPSA) is 63.4 Å². The fraction of sp³-hybridized carbons (Fsp3) is 0.263. The van der Waals surface area contributed by atoms with E-state index >= 15 is 0 Å². The minimum Gasteiger partial charge on any atom is -0.398 e. The summed E-state index contributed by atoms with van der Waals surface area (Å²) in [5.74, 6) is 0.125. The van der Waals surface area contributed by atoms with Crippen LogP contribution in [0.15, 0.2) is 54.6 Å². The van der Waals surface area contributed by atoms with E-state index in [-0.39, 0.29) is 30.0 Å². The smallest absolute Gasteiger partial charge is 0.255 e. The number of amides is 1. The number of likely N-dealkylation sites (tertiary alicyclic amines) is 1. The number of piperidine rings is 1. The van der Waals surface area contributed by atoms with Crippen LogP contribution < -0.4 is 5.73 Å². The van der Waals surface area contributed by atoms with Crippen LogP contribution in [0.3, 0.4) is 0 Å². The van der Waals surface area contributed by atoms with Gasteiger partial charge in [0, 0.05) is 30.3 Å². The number of hydrogen-bond donors (Lipinski definition) is 1. The summed E-state index contributed by atoms with van der Waals surface area (Å²) in [6, 6.07) is 16.5. The standard InChI is InChI=1S/C19H20N2O2.ClH/c20-17-9-5-4-8-16(17)19(23)21-12-10-15(11-13-21)18(22)14-6-2-1-3-7-14;/h1-9,15H,10-13,20H2;1H. The first kappa shape index (κ1) is 18.0. The van der Waals surface area contributed by atoms with Crippen LogP contribution in [0.4, 0.5) is 5.69 Å². The van der Waals surface area contributed by atoms with Crippen LogP contribution in [0.5, 0.6) is 0 Å². The van der Waals surface area contributed by atoms with Crippen LogP contribution >= 0.6 is 12.4 Å². The summed E-state index contributed by atoms with van der Waals surface area (Å²) < 4.78 is 0. The van der Waals surface area contributed by atoms with Crippen molar-refractivity contribution < 1.29 is 9.59 Å². The Morgan fingerprint density at radius 1 is 0.917 bits per heavy atom. The monoisotopic (exact) mass is 344 g/mol. The van der Waals surface area contributed by atoms with Crippen LogP contribution in [-0.2, 0) is 0 Å². The number of nitrogens with zero attached hydrogens (tertiary/aromatic N) is 1. The molecule has 0 unspecified atom stereocenters. The Labute approximate surface area is 148 Å². The van der Waals surface area contributed by atoms with E-state index in [9.17, 15) is 9.59 Å². The highest BCUT2D eigenvalue weighted by atomic mass is 35.5. The van der Waals surface area contributed by atoms with Gasteiger partial charge in [-0.1, -0.05) is 42.5 Å². The second-order valence-corrected chi connectivity index (χ2v) is 5.88. The molecule has 0 aromatic heterocycles.